The fraction of sp³-hybridized carbons (Fsp3) is 0.158. The van der Waals surface area contributed by atoms with Crippen LogP contribution in [0.4, 0.5) is 0 Å². The van der Waals surface area contributed by atoms with Crippen molar-refractivity contribution in [2.24, 2.45) is 0 Å². The van der Waals surface area contributed by atoms with Crippen LogP contribution in [-0.4, -0.2) is 21.2 Å². The van der Waals surface area contributed by atoms with Crippen molar-refractivity contribution < 1.29 is 8.95 Å². The quantitative estimate of drug-likeness (QED) is 0.401. The van der Waals surface area contributed by atoms with Crippen molar-refractivity contribution in [1.29, 1.82) is 0 Å². The second-order valence-corrected chi connectivity index (χ2v) is 7.62. The molecule has 7 heteroatoms. The van der Waals surface area contributed by atoms with Crippen LogP contribution in [0.2, 0.25) is 0 Å². The molecule has 0 aliphatic heterocycles. The zero-order valence-corrected chi connectivity index (χ0v) is 17.8. The Hall–Kier alpha value is -1.70. The lowest BCUT2D eigenvalue weighted by Gasteiger charge is -2.06. The molecule has 0 atom stereocenters. The monoisotopic (exact) mass is 497 g/mol. The van der Waals surface area contributed by atoms with Gasteiger partial charge in [-0.25, -0.2) is 4.21 Å². The van der Waals surface area contributed by atoms with Crippen LogP contribution in [0.1, 0.15) is 12.8 Å². The number of fused-ring (bicyclic) bond motifs is 1. The van der Waals surface area contributed by atoms with Gasteiger partial charge in [-0.3, -0.25) is 4.79 Å². The van der Waals surface area contributed by atoms with E-state index in [-0.39, 0.29) is 5.56 Å². The third kappa shape index (κ3) is 7.27. The molecule has 3 aromatic rings. The van der Waals surface area contributed by atoms with Crippen molar-refractivity contribution in [1.82, 2.24) is 4.98 Å². The lowest BCUT2D eigenvalue weighted by Crippen LogP contribution is -2.02. The largest absolute Gasteiger partial charge is 0.494 e. The van der Waals surface area contributed by atoms with Gasteiger partial charge >= 0.3 is 0 Å². The maximum absolute atomic E-state index is 11.1. The number of unbranched alkanes of at least 4 members (excludes halogenated alkanes) is 1. The van der Waals surface area contributed by atoms with Crippen LogP contribution < -0.4 is 10.3 Å². The molecule has 0 radical (unpaired) electrons. The van der Waals surface area contributed by atoms with Crippen LogP contribution in [0.5, 0.6) is 5.75 Å². The molecule has 0 aliphatic rings. The summed E-state index contributed by atoms with van der Waals surface area (Å²) in [5.41, 5.74) is 0.688. The molecule has 1 heterocycles. The van der Waals surface area contributed by atoms with Crippen LogP contribution in [0.15, 0.2) is 68.3 Å². The molecule has 136 valence electrons. The normalized spacial score (nSPS) is 9.92. The van der Waals surface area contributed by atoms with Gasteiger partial charge in [0.05, 0.1) is 17.9 Å². The molecule has 2 aromatic carbocycles. The number of hydrogen-bond donors (Lipinski definition) is 1. The first-order chi connectivity index (χ1) is 12.6. The Kier molecular flexibility index (Phi) is 8.80. The molecule has 0 fully saturated rings. The molecule has 1 N–H and O–H groups in total. The summed E-state index contributed by atoms with van der Waals surface area (Å²) < 4.78 is 17.9. The van der Waals surface area contributed by atoms with Crippen LogP contribution in [0.25, 0.3) is 10.9 Å². The Labute approximate surface area is 171 Å². The van der Waals surface area contributed by atoms with Crippen molar-refractivity contribution >= 4 is 59.4 Å². The van der Waals surface area contributed by atoms with Crippen LogP contribution in [0, 0.1) is 0 Å². The van der Waals surface area contributed by atoms with E-state index in [1.807, 2.05) is 42.5 Å². The van der Waals surface area contributed by atoms with Crippen LogP contribution in [0.3, 0.4) is 0 Å². The summed E-state index contributed by atoms with van der Waals surface area (Å²) in [6, 6.07) is 16.8. The van der Waals surface area contributed by atoms with E-state index >= 15 is 0 Å². The number of nitrogens with one attached hydrogen (secondary N) is 1. The predicted molar refractivity (Wildman–Crippen MR) is 115 cm³/mol. The molecule has 0 unspecified atom stereocenters. The molecular formula is C19H17Br2NO3S. The fourth-order valence-electron chi connectivity index (χ4n) is 2.06. The second kappa shape index (κ2) is 11.1. The molecule has 0 amide bonds. The van der Waals surface area contributed by atoms with E-state index in [0.29, 0.717) is 17.9 Å². The highest BCUT2D eigenvalue weighted by atomic mass is 79.9. The van der Waals surface area contributed by atoms with Gasteiger partial charge in [0.25, 0.3) is 0 Å². The number of aromatic amines is 1. The van der Waals surface area contributed by atoms with E-state index < -0.39 is 0 Å². The number of H-pyrrole nitrogens is 1. The van der Waals surface area contributed by atoms with Crippen LogP contribution in [-0.2, 0) is 11.3 Å². The zero-order chi connectivity index (χ0) is 18.8. The van der Waals surface area contributed by atoms with Gasteiger partial charge in [-0.15, -0.1) is 0 Å². The highest BCUT2D eigenvalue weighted by Gasteiger charge is 1.98. The van der Waals surface area contributed by atoms with E-state index in [9.17, 15) is 9.00 Å². The maximum Gasteiger partial charge on any atom is 0.248 e. The van der Waals surface area contributed by atoms with Gasteiger partial charge in [0.2, 0.25) is 5.56 Å². The minimum Gasteiger partial charge on any atom is -0.494 e. The Morgan fingerprint density at radius 3 is 2.35 bits per heavy atom. The number of ether oxygens (including phenoxy) is 1. The maximum atomic E-state index is 11.1. The molecular weight excluding hydrogens is 482 g/mol. The topological polar surface area (TPSA) is 59.2 Å². The summed E-state index contributed by atoms with van der Waals surface area (Å²) in [6.07, 6.45) is 1.56. The number of hydrogen-bond acceptors (Lipinski definition) is 3. The average Bonchev–Trinajstić information content (AvgIpc) is 2.64. The van der Waals surface area contributed by atoms with E-state index in [0.717, 1.165) is 38.4 Å². The molecule has 3 rings (SSSR count). The Balaban J connectivity index is 0.000000254. The Morgan fingerprint density at radius 1 is 1.00 bits per heavy atom. The number of rotatable bonds is 5. The Morgan fingerprint density at radius 2 is 1.69 bits per heavy atom. The van der Waals surface area contributed by atoms with Crippen molar-refractivity contribution in [3.8, 4) is 5.75 Å². The highest BCUT2D eigenvalue weighted by molar-refractivity contribution is 9.11. The van der Waals surface area contributed by atoms with E-state index in [4.69, 9.17) is 4.74 Å². The van der Waals surface area contributed by atoms with Crippen LogP contribution >= 0.6 is 31.9 Å². The molecule has 26 heavy (non-hydrogen) atoms. The first kappa shape index (κ1) is 20.6. The smallest absolute Gasteiger partial charge is 0.248 e. The predicted octanol–water partition coefficient (Wildman–Crippen LogP) is 4.91. The number of benzene rings is 2. The fourth-order valence-corrected chi connectivity index (χ4v) is 2.85. The van der Waals surface area contributed by atoms with Crippen molar-refractivity contribution in [2.45, 2.75) is 12.8 Å². The van der Waals surface area contributed by atoms with E-state index in [1.165, 1.54) is 6.07 Å². The van der Waals surface area contributed by atoms with Gasteiger partial charge in [0.1, 0.15) is 5.75 Å². The van der Waals surface area contributed by atoms with Crippen molar-refractivity contribution in [3.05, 3.63) is 73.9 Å². The standard InChI is InChI=1S/C13H13NO3S.C6H4Br2/c15-13-6-3-10-9-11(4-5-12(10)14-13)17-7-1-2-8-18-16;7-5-1-2-6(8)4-3-5/h3-6,8-9H,1-2,7H2,(H,14,15);1-4H. The summed E-state index contributed by atoms with van der Waals surface area (Å²) in [5.74, 6) is 0.768. The molecule has 0 aliphatic carbocycles. The summed E-state index contributed by atoms with van der Waals surface area (Å²) >= 11 is 7.14. The minimum atomic E-state index is -0.109. The molecule has 0 saturated carbocycles. The number of aromatic nitrogens is 1. The third-order valence-electron chi connectivity index (χ3n) is 3.30. The SMILES string of the molecule is Brc1ccc(Br)cc1.O=S=CCCCOc1ccc2[nH]c(=O)ccc2c1. The number of pyridine rings is 1. The van der Waals surface area contributed by atoms with Crippen molar-refractivity contribution in [3.63, 3.8) is 0 Å². The van der Waals surface area contributed by atoms with Crippen molar-refractivity contribution in [2.75, 3.05) is 6.61 Å². The van der Waals surface area contributed by atoms with Gasteiger partial charge in [-0.05, 0) is 61.4 Å². The van der Waals surface area contributed by atoms with Gasteiger partial charge in [0.15, 0.2) is 0 Å². The first-order valence-electron chi connectivity index (χ1n) is 7.86. The van der Waals surface area contributed by atoms with Gasteiger partial charge in [-0.1, -0.05) is 31.9 Å². The molecule has 0 saturated heterocycles. The zero-order valence-electron chi connectivity index (χ0n) is 13.8. The summed E-state index contributed by atoms with van der Waals surface area (Å²) in [7, 11) is 0. The average molecular weight is 499 g/mol. The molecule has 4 nitrogen and oxygen atoms in total. The second-order valence-electron chi connectivity index (χ2n) is 5.26. The molecule has 0 spiro atoms. The summed E-state index contributed by atoms with van der Waals surface area (Å²) in [4.78, 5) is 13.9. The lowest BCUT2D eigenvalue weighted by atomic mass is 10.2. The van der Waals surface area contributed by atoms with Gasteiger partial charge in [-0.2, -0.15) is 0 Å². The van der Waals surface area contributed by atoms with E-state index in [1.54, 1.807) is 11.4 Å². The summed E-state index contributed by atoms with van der Waals surface area (Å²) in [5, 5.41) is 2.56. The number of halogens is 2. The highest BCUT2D eigenvalue weighted by Crippen LogP contribution is 2.18. The van der Waals surface area contributed by atoms with Gasteiger partial charge < -0.3 is 9.72 Å². The lowest BCUT2D eigenvalue weighted by molar-refractivity contribution is 0.314. The third-order valence-corrected chi connectivity index (χ3v) is 4.73. The van der Waals surface area contributed by atoms with Gasteiger partial charge in [0, 0.05) is 31.3 Å². The summed E-state index contributed by atoms with van der Waals surface area (Å²) in [6.45, 7) is 0.575. The minimum absolute atomic E-state index is 0.109. The first-order valence-corrected chi connectivity index (χ1v) is 10.2. The molecule has 0 bridgehead atoms. The molecule has 1 aromatic heterocycles. The van der Waals surface area contributed by atoms with E-state index in [2.05, 4.69) is 36.8 Å². The Bertz CT molecular complexity index is 930.